The van der Waals surface area contributed by atoms with Gasteiger partial charge in [0.15, 0.2) is 0 Å². The Morgan fingerprint density at radius 3 is 2.70 bits per heavy atom. The maximum atomic E-state index is 13.2. The number of phenols is 1. The zero-order valence-electron chi connectivity index (χ0n) is 14.4. The average molecular weight is 381 g/mol. The second-order valence-electron chi connectivity index (χ2n) is 6.33. The number of hydrogen-bond acceptors (Lipinski definition) is 4. The van der Waals surface area contributed by atoms with Crippen LogP contribution in [0, 0.1) is 5.82 Å². The first kappa shape index (κ1) is 17.4. The van der Waals surface area contributed by atoms with Crippen LogP contribution in [0.4, 0.5) is 9.18 Å². The van der Waals surface area contributed by atoms with Gasteiger partial charge in [-0.1, -0.05) is 12.1 Å². The lowest BCUT2D eigenvalue weighted by Gasteiger charge is -2.30. The highest BCUT2D eigenvalue weighted by atomic mass is 32.1. The zero-order chi connectivity index (χ0) is 19.0. The van der Waals surface area contributed by atoms with Crippen LogP contribution in [-0.2, 0) is 0 Å². The second-order valence-corrected chi connectivity index (χ2v) is 7.22. The molecule has 0 aliphatic carbocycles. The third kappa shape index (κ3) is 3.46. The number of carbonyl (C=O) groups excluding carboxylic acids is 1. The van der Waals surface area contributed by atoms with Gasteiger partial charge in [0.05, 0.1) is 17.7 Å². The lowest BCUT2D eigenvalue weighted by atomic mass is 9.88. The van der Waals surface area contributed by atoms with Crippen LogP contribution >= 0.6 is 11.3 Å². The van der Waals surface area contributed by atoms with Crippen molar-refractivity contribution >= 4 is 23.1 Å². The van der Waals surface area contributed by atoms with Crippen molar-refractivity contribution in [1.29, 1.82) is 0 Å². The molecule has 0 radical (unpaired) electrons. The molecule has 4 rings (SSSR count). The van der Waals surface area contributed by atoms with Crippen LogP contribution in [0.3, 0.4) is 0 Å². The van der Waals surface area contributed by atoms with Crippen molar-refractivity contribution in [3.8, 4) is 17.0 Å². The number of amides is 2. The fourth-order valence-corrected chi connectivity index (χ4v) is 4.24. The molecule has 7 heteroatoms. The topological polar surface area (TPSA) is 74.6 Å². The Hall–Kier alpha value is -3.06. The standard InChI is InChI=1S/C20H16FN3O2S/c1-11-17(18(24-20(26)22-11)13-3-2-4-15(25)9-13)19-23-16(10-27-19)12-5-7-14(21)8-6-12/h2-10,17-18,25H,1H3,(H,24,26). The molecule has 0 spiro atoms. The van der Waals surface area contributed by atoms with E-state index >= 15 is 0 Å². The second kappa shape index (κ2) is 6.92. The van der Waals surface area contributed by atoms with Crippen molar-refractivity contribution in [1.82, 2.24) is 10.3 Å². The van der Waals surface area contributed by atoms with E-state index in [1.807, 2.05) is 11.4 Å². The number of phenolic OH excluding ortho intramolecular Hbond substituents is 1. The summed E-state index contributed by atoms with van der Waals surface area (Å²) in [6.07, 6.45) is 0. The number of urea groups is 1. The molecule has 27 heavy (non-hydrogen) atoms. The lowest BCUT2D eigenvalue weighted by molar-refractivity contribution is 0.243. The molecular formula is C20H16FN3O2S. The van der Waals surface area contributed by atoms with E-state index < -0.39 is 6.03 Å². The van der Waals surface area contributed by atoms with Crippen LogP contribution in [0.15, 0.2) is 58.9 Å². The molecule has 1 aliphatic heterocycles. The van der Waals surface area contributed by atoms with Gasteiger partial charge < -0.3 is 10.4 Å². The van der Waals surface area contributed by atoms with E-state index in [4.69, 9.17) is 4.98 Å². The van der Waals surface area contributed by atoms with Gasteiger partial charge >= 0.3 is 6.03 Å². The van der Waals surface area contributed by atoms with Crippen molar-refractivity contribution in [3.63, 3.8) is 0 Å². The summed E-state index contributed by atoms with van der Waals surface area (Å²) < 4.78 is 13.2. The minimum Gasteiger partial charge on any atom is -0.508 e. The maximum Gasteiger partial charge on any atom is 0.341 e. The van der Waals surface area contributed by atoms with Gasteiger partial charge in [0.2, 0.25) is 0 Å². The van der Waals surface area contributed by atoms with Crippen LogP contribution in [0.5, 0.6) is 5.75 Å². The van der Waals surface area contributed by atoms with Gasteiger partial charge in [0.1, 0.15) is 16.6 Å². The Balaban J connectivity index is 1.74. The van der Waals surface area contributed by atoms with E-state index in [-0.39, 0.29) is 23.5 Å². The summed E-state index contributed by atoms with van der Waals surface area (Å²) in [6.45, 7) is 1.80. The molecule has 2 unspecified atom stereocenters. The summed E-state index contributed by atoms with van der Waals surface area (Å²) in [6, 6.07) is 12.2. The minimum absolute atomic E-state index is 0.131. The Bertz CT molecular complexity index is 1030. The quantitative estimate of drug-likeness (QED) is 0.693. The number of hydrogen-bond donors (Lipinski definition) is 2. The van der Waals surface area contributed by atoms with Crippen molar-refractivity contribution in [2.75, 3.05) is 0 Å². The van der Waals surface area contributed by atoms with Crippen molar-refractivity contribution in [3.05, 3.63) is 70.3 Å². The van der Waals surface area contributed by atoms with Gasteiger partial charge in [0.25, 0.3) is 0 Å². The molecule has 3 aromatic rings. The van der Waals surface area contributed by atoms with Crippen LogP contribution in [0.1, 0.15) is 29.5 Å². The summed E-state index contributed by atoms with van der Waals surface area (Å²) in [5.74, 6) is -0.411. The summed E-state index contributed by atoms with van der Waals surface area (Å²) in [4.78, 5) is 20.7. The number of nitrogens with one attached hydrogen (secondary N) is 1. The number of carbonyl (C=O) groups is 1. The summed E-state index contributed by atoms with van der Waals surface area (Å²) in [5.41, 5.74) is 3.00. The largest absolute Gasteiger partial charge is 0.508 e. The summed E-state index contributed by atoms with van der Waals surface area (Å²) in [7, 11) is 0. The minimum atomic E-state index is -0.410. The number of nitrogens with zero attached hydrogens (tertiary/aromatic N) is 2. The van der Waals surface area contributed by atoms with E-state index in [2.05, 4.69) is 10.3 Å². The first-order valence-electron chi connectivity index (χ1n) is 8.37. The third-order valence-electron chi connectivity index (χ3n) is 4.50. The molecule has 0 fully saturated rings. The Morgan fingerprint density at radius 1 is 1.19 bits per heavy atom. The van der Waals surface area contributed by atoms with E-state index in [0.717, 1.165) is 21.8 Å². The SMILES string of the molecule is CC1=NC(=O)NC(c2cccc(O)c2)C1c1nc(-c2ccc(F)cc2)cs1. The number of aromatic nitrogens is 1. The first-order chi connectivity index (χ1) is 13.0. The zero-order valence-corrected chi connectivity index (χ0v) is 15.2. The highest BCUT2D eigenvalue weighted by molar-refractivity contribution is 7.10. The summed E-state index contributed by atoms with van der Waals surface area (Å²) in [5, 5.41) is 15.4. The molecule has 2 N–H and O–H groups in total. The normalized spacial score (nSPS) is 19.5. The number of thiazole rings is 1. The molecular weight excluding hydrogens is 365 g/mol. The molecule has 0 bridgehead atoms. The molecule has 1 aliphatic rings. The number of aromatic hydroxyl groups is 1. The molecule has 0 saturated heterocycles. The number of halogens is 1. The average Bonchev–Trinajstić information content (AvgIpc) is 3.11. The smallest absolute Gasteiger partial charge is 0.341 e. The number of aliphatic imine (C=N–C) groups is 1. The highest BCUT2D eigenvalue weighted by Crippen LogP contribution is 2.38. The predicted octanol–water partition coefficient (Wildman–Crippen LogP) is 4.66. The van der Waals surface area contributed by atoms with Crippen molar-refractivity contribution < 1.29 is 14.3 Å². The molecule has 5 nitrogen and oxygen atoms in total. The maximum absolute atomic E-state index is 13.2. The van der Waals surface area contributed by atoms with Crippen LogP contribution < -0.4 is 5.32 Å². The van der Waals surface area contributed by atoms with Gasteiger partial charge in [-0.05, 0) is 48.9 Å². The highest BCUT2D eigenvalue weighted by Gasteiger charge is 2.35. The van der Waals surface area contributed by atoms with Gasteiger partial charge in [-0.3, -0.25) is 0 Å². The van der Waals surface area contributed by atoms with E-state index in [1.54, 1.807) is 37.3 Å². The van der Waals surface area contributed by atoms with E-state index in [9.17, 15) is 14.3 Å². The molecule has 2 atom stereocenters. The Kier molecular flexibility index (Phi) is 4.45. The Labute approximate surface area is 159 Å². The predicted molar refractivity (Wildman–Crippen MR) is 103 cm³/mol. The van der Waals surface area contributed by atoms with Crippen LogP contribution in [0.25, 0.3) is 11.3 Å². The molecule has 0 saturated carbocycles. The van der Waals surface area contributed by atoms with Crippen LogP contribution in [0.2, 0.25) is 0 Å². The van der Waals surface area contributed by atoms with Gasteiger partial charge in [0, 0.05) is 16.7 Å². The van der Waals surface area contributed by atoms with E-state index in [0.29, 0.717) is 5.71 Å². The van der Waals surface area contributed by atoms with Crippen molar-refractivity contribution in [2.24, 2.45) is 4.99 Å². The fourth-order valence-electron chi connectivity index (χ4n) is 3.22. The molecule has 2 aromatic carbocycles. The fraction of sp³-hybridized carbons (Fsp3) is 0.150. The van der Waals surface area contributed by atoms with Crippen LogP contribution in [-0.4, -0.2) is 21.8 Å². The van der Waals surface area contributed by atoms with Crippen molar-refractivity contribution in [2.45, 2.75) is 18.9 Å². The first-order valence-corrected chi connectivity index (χ1v) is 9.25. The molecule has 1 aromatic heterocycles. The van der Waals surface area contributed by atoms with E-state index in [1.165, 1.54) is 23.5 Å². The van der Waals surface area contributed by atoms with Gasteiger partial charge in [-0.25, -0.2) is 19.2 Å². The van der Waals surface area contributed by atoms with Gasteiger partial charge in [-0.2, -0.15) is 0 Å². The summed E-state index contributed by atoms with van der Waals surface area (Å²) >= 11 is 1.46. The number of rotatable bonds is 3. The molecule has 2 amide bonds. The molecule has 2 heterocycles. The molecule has 136 valence electrons. The lowest BCUT2D eigenvalue weighted by Crippen LogP contribution is -2.38. The number of benzene rings is 2. The third-order valence-corrected chi connectivity index (χ3v) is 5.43. The Morgan fingerprint density at radius 2 is 1.96 bits per heavy atom. The monoisotopic (exact) mass is 381 g/mol. The van der Waals surface area contributed by atoms with Gasteiger partial charge in [-0.15, -0.1) is 11.3 Å².